The van der Waals surface area contributed by atoms with Crippen LogP contribution < -0.4 is 0 Å². The molecule has 0 aliphatic heterocycles. The Morgan fingerprint density at radius 2 is 0.930 bits per heavy atom. The summed E-state index contributed by atoms with van der Waals surface area (Å²) in [4.78, 5) is 13.3. The van der Waals surface area contributed by atoms with Gasteiger partial charge >= 0.3 is 0 Å². The molecule has 4 heterocycles. The maximum atomic E-state index is 10.0. The number of hydrogen-bond donors (Lipinski definition) is 0. The van der Waals surface area contributed by atoms with E-state index in [0.29, 0.717) is 21.0 Å². The molecule has 0 N–H and O–H groups in total. The molecule has 0 aliphatic carbocycles. The Morgan fingerprint density at radius 1 is 0.351 bits per heavy atom. The van der Waals surface area contributed by atoms with Crippen LogP contribution in [0, 0.1) is 0 Å². The molecule has 0 unspecified atom stereocenters. The molecule has 12 aromatic rings. The highest BCUT2D eigenvalue weighted by Crippen LogP contribution is 2.48. The second kappa shape index (κ2) is 13.0. The molecule has 12 rings (SSSR count). The third-order valence-corrected chi connectivity index (χ3v) is 12.8. The number of rotatable bonds is 5. The van der Waals surface area contributed by atoms with Crippen LogP contribution >= 0.6 is 34.0 Å². The Kier molecular flexibility index (Phi) is 3.94. The molecule has 57 heavy (non-hydrogen) atoms. The average molecular weight is 803 g/mol. The molecule has 6 heteroatoms. The van der Waals surface area contributed by atoms with E-state index in [1.165, 1.54) is 11.3 Å². The summed E-state index contributed by atoms with van der Waals surface area (Å²) in [5, 5.41) is 1.03. The van der Waals surface area contributed by atoms with Crippen molar-refractivity contribution in [2.45, 2.75) is 0 Å². The van der Waals surface area contributed by atoms with Crippen molar-refractivity contribution in [3.63, 3.8) is 0 Å². The van der Waals surface area contributed by atoms with E-state index in [9.17, 15) is 9.60 Å². The van der Waals surface area contributed by atoms with Gasteiger partial charge in [0.15, 0.2) is 17.5 Å². The monoisotopic (exact) mass is 802 g/mol. The highest BCUT2D eigenvalue weighted by atomic mass is 32.1. The molecule has 0 fully saturated rings. The summed E-state index contributed by atoms with van der Waals surface area (Å²) in [7, 11) is 0. The topological polar surface area (TPSA) is 38.7 Å². The minimum absolute atomic E-state index is 0.0120. The van der Waals surface area contributed by atoms with E-state index >= 15 is 0 Å². The van der Waals surface area contributed by atoms with Crippen molar-refractivity contribution in [2.24, 2.45) is 0 Å². The molecule has 0 saturated heterocycles. The predicted molar refractivity (Wildman–Crippen MR) is 246 cm³/mol. The lowest BCUT2D eigenvalue weighted by atomic mass is 9.94. The van der Waals surface area contributed by atoms with Gasteiger partial charge in [-0.1, -0.05) is 133 Å². The largest absolute Gasteiger partial charge is 0.208 e. The van der Waals surface area contributed by atoms with E-state index < -0.39 is 162 Å². The van der Waals surface area contributed by atoms with Crippen molar-refractivity contribution < 1.29 is 31.5 Å². The summed E-state index contributed by atoms with van der Waals surface area (Å²) in [6.07, 6.45) is 0. The first-order chi connectivity index (χ1) is 37.8. The molecule has 0 amide bonds. The Hall–Kier alpha value is -6.57. The van der Waals surface area contributed by atoms with Crippen LogP contribution in [0.3, 0.4) is 0 Å². The fourth-order valence-corrected chi connectivity index (χ4v) is 10.2. The van der Waals surface area contributed by atoms with Crippen LogP contribution in [0.5, 0.6) is 0 Å². The zero-order chi connectivity index (χ0) is 57.5. The van der Waals surface area contributed by atoms with Gasteiger partial charge in [0.05, 0.1) is 31.5 Å². The van der Waals surface area contributed by atoms with Gasteiger partial charge in [-0.05, 0) is 53.5 Å². The average Bonchev–Trinajstić information content (AvgIpc) is 2.66. The lowest BCUT2D eigenvalue weighted by Gasteiger charge is -2.11. The van der Waals surface area contributed by atoms with Gasteiger partial charge in [-0.15, -0.1) is 34.0 Å². The number of benzene rings is 8. The number of hydrogen-bond acceptors (Lipinski definition) is 6. The van der Waals surface area contributed by atoms with E-state index in [1.807, 2.05) is 18.2 Å². The minimum atomic E-state index is -0.795. The van der Waals surface area contributed by atoms with E-state index in [1.54, 1.807) is 18.2 Å². The van der Waals surface area contributed by atoms with E-state index in [2.05, 4.69) is 15.0 Å². The quantitative estimate of drug-likeness (QED) is 0.174. The van der Waals surface area contributed by atoms with Gasteiger partial charge in [0.1, 0.15) is 0 Å². The van der Waals surface area contributed by atoms with E-state index in [4.69, 9.17) is 21.9 Å². The molecule has 3 nitrogen and oxygen atoms in total. The molecular formula is C51H29N3S3. The van der Waals surface area contributed by atoms with Crippen molar-refractivity contribution in [3.05, 3.63) is 175 Å². The van der Waals surface area contributed by atoms with Gasteiger partial charge < -0.3 is 0 Å². The van der Waals surface area contributed by atoms with Gasteiger partial charge in [0.2, 0.25) is 0 Å². The summed E-state index contributed by atoms with van der Waals surface area (Å²) in [6.45, 7) is 0. The maximum absolute atomic E-state index is 10.0. The standard InChI is InChI=1S/C51H29N3S3/c1-3-13-30(14-4-1)49-52-50(31-15-5-2-6-16-31)54-51(53-49)39-22-12-20-37-40-27-32(25-26-45(40)57-47(37)39)33-28-41-35-18-8-10-24-44(35)56-48(41)42(29-33)38-21-11-19-36-34-17-7-9-23-43(34)55-46(36)38/h1-29H/i1D,2D,3D,4D,5D,6D,7D,9D,11D,12D,13D,14D,15D,16D,17D,19D,20D,21D,22D,23D,25D,26D,27D. The zero-order valence-corrected chi connectivity index (χ0v) is 31.0. The summed E-state index contributed by atoms with van der Waals surface area (Å²) in [5.41, 5.74) is -1.17. The lowest BCUT2D eigenvalue weighted by molar-refractivity contribution is 1.08. The first kappa shape index (κ1) is 17.3. The van der Waals surface area contributed by atoms with Crippen LogP contribution in [0.4, 0.5) is 0 Å². The van der Waals surface area contributed by atoms with Crippen LogP contribution in [0.1, 0.15) is 31.5 Å². The number of aromatic nitrogens is 3. The highest BCUT2D eigenvalue weighted by Gasteiger charge is 2.20. The van der Waals surface area contributed by atoms with Crippen molar-refractivity contribution in [1.29, 1.82) is 0 Å². The molecule has 4 aromatic heterocycles. The Morgan fingerprint density at radius 3 is 1.70 bits per heavy atom. The van der Waals surface area contributed by atoms with Crippen LogP contribution in [-0.2, 0) is 0 Å². The number of nitrogens with zero attached hydrogens (tertiary/aromatic N) is 3. The van der Waals surface area contributed by atoms with Crippen molar-refractivity contribution in [2.75, 3.05) is 0 Å². The molecule has 0 saturated carbocycles. The summed E-state index contributed by atoms with van der Waals surface area (Å²) >= 11 is 3.01. The van der Waals surface area contributed by atoms with Crippen LogP contribution in [0.15, 0.2) is 175 Å². The molecular weight excluding hydrogens is 751 g/mol. The molecule has 0 atom stereocenters. The third kappa shape index (κ3) is 5.33. The summed E-state index contributed by atoms with van der Waals surface area (Å²) in [5.74, 6) is -1.90. The van der Waals surface area contributed by atoms with Crippen molar-refractivity contribution in [1.82, 2.24) is 15.0 Å². The Labute approximate surface area is 372 Å². The first-order valence-corrected chi connectivity index (χ1v) is 19.5. The van der Waals surface area contributed by atoms with Gasteiger partial charge in [-0.2, -0.15) is 0 Å². The van der Waals surface area contributed by atoms with Gasteiger partial charge in [-0.3, -0.25) is 0 Å². The van der Waals surface area contributed by atoms with Gasteiger partial charge in [-0.25, -0.2) is 15.0 Å². The molecule has 266 valence electrons. The third-order valence-electron chi connectivity index (χ3n) is 9.34. The SMILES string of the molecule is [2H]c1c([2H])c([2H])c(-c2nc(-c3c([2H])c([2H])c([2H])c([2H])c3[2H])nc(-c3c([2H])c([2H])c([2H])c4c3sc3c([2H])c([2H])c(-c5cc(-c6c([2H])c([2H])c([2H])c7c6sc6c([2H])c([2H])c([2H])c([2H])c67)c6sc7ccccc7c6c5)c([2H])c34)n2)c([2H])c1[2H]. The fourth-order valence-electron chi connectivity index (χ4n) is 6.83. The molecule has 0 aliphatic rings. The van der Waals surface area contributed by atoms with Crippen molar-refractivity contribution >= 4 is 94.5 Å². The molecule has 8 aromatic carbocycles. The molecule has 0 radical (unpaired) electrons. The van der Waals surface area contributed by atoms with Crippen LogP contribution in [-0.4, -0.2) is 15.0 Å². The molecule has 0 bridgehead atoms. The second-order valence-corrected chi connectivity index (χ2v) is 15.7. The van der Waals surface area contributed by atoms with Gasteiger partial charge in [0, 0.05) is 88.3 Å². The first-order valence-electron chi connectivity index (χ1n) is 28.5. The summed E-state index contributed by atoms with van der Waals surface area (Å²) in [6, 6.07) is -3.89. The van der Waals surface area contributed by atoms with Crippen LogP contribution in [0.2, 0.25) is 0 Å². The summed E-state index contributed by atoms with van der Waals surface area (Å²) < 4.78 is 206. The van der Waals surface area contributed by atoms with Crippen molar-refractivity contribution in [3.8, 4) is 56.4 Å². The highest BCUT2D eigenvalue weighted by molar-refractivity contribution is 7.27. The van der Waals surface area contributed by atoms with E-state index in [-0.39, 0.29) is 68.6 Å². The molecule has 0 spiro atoms. The van der Waals surface area contributed by atoms with Gasteiger partial charge in [0.25, 0.3) is 0 Å². The number of thiophene rings is 3. The lowest BCUT2D eigenvalue weighted by Crippen LogP contribution is -2.00. The Balaban J connectivity index is 1.18. The second-order valence-electron chi connectivity index (χ2n) is 12.6. The normalized spacial score (nSPS) is 17.5. The number of fused-ring (bicyclic) bond motifs is 9. The predicted octanol–water partition coefficient (Wildman–Crippen LogP) is 15.3. The van der Waals surface area contributed by atoms with E-state index in [0.717, 1.165) is 27.4 Å². The van der Waals surface area contributed by atoms with Crippen LogP contribution in [0.25, 0.3) is 117 Å². The Bertz CT molecular complexity index is 4750. The minimum Gasteiger partial charge on any atom is -0.208 e. The maximum Gasteiger partial charge on any atom is 0.165 e. The fraction of sp³-hybridized carbons (Fsp3) is 0. The smallest absolute Gasteiger partial charge is 0.165 e. The zero-order valence-electron chi connectivity index (χ0n) is 51.5.